The molecule has 1 atom stereocenters. The number of sulfone groups is 1. The summed E-state index contributed by atoms with van der Waals surface area (Å²) < 4.78 is 22.4. The number of amides is 1. The lowest BCUT2D eigenvalue weighted by atomic mass is 10.2. The average molecular weight is 175 g/mol. The Hall–Kier alpha value is -0.580. The van der Waals surface area contributed by atoms with Crippen molar-refractivity contribution in [1.29, 1.82) is 0 Å². The van der Waals surface area contributed by atoms with Crippen molar-refractivity contribution in [3.63, 3.8) is 0 Å². The van der Waals surface area contributed by atoms with Crippen LogP contribution in [0.3, 0.4) is 0 Å². The molecule has 0 aromatic carbocycles. The predicted octanol–water partition coefficient (Wildman–Crippen LogP) is -0.637. The van der Waals surface area contributed by atoms with Crippen molar-refractivity contribution in [3.05, 3.63) is 0 Å². The molecule has 2 rings (SSSR count). The second-order valence-electron chi connectivity index (χ2n) is 2.97. The van der Waals surface area contributed by atoms with E-state index in [-0.39, 0.29) is 18.1 Å². The second kappa shape index (κ2) is 1.97. The third-order valence-corrected chi connectivity index (χ3v) is 4.37. The molecule has 0 aromatic rings. The van der Waals surface area contributed by atoms with Gasteiger partial charge >= 0.3 is 0 Å². The smallest absolute Gasteiger partial charge is 0.226 e. The van der Waals surface area contributed by atoms with E-state index in [0.29, 0.717) is 13.0 Å². The van der Waals surface area contributed by atoms with Crippen molar-refractivity contribution in [1.82, 2.24) is 4.90 Å². The average Bonchev–Trinajstić information content (AvgIpc) is 1.91. The van der Waals surface area contributed by atoms with Crippen LogP contribution < -0.4 is 0 Å². The van der Waals surface area contributed by atoms with Crippen molar-refractivity contribution in [2.45, 2.75) is 18.2 Å². The van der Waals surface area contributed by atoms with Gasteiger partial charge in [0.1, 0.15) is 5.37 Å². The molecule has 2 heterocycles. The van der Waals surface area contributed by atoms with Gasteiger partial charge in [-0.3, -0.25) is 4.79 Å². The monoisotopic (exact) mass is 175 g/mol. The van der Waals surface area contributed by atoms with Crippen LogP contribution in [-0.2, 0) is 14.6 Å². The molecule has 0 aliphatic carbocycles. The van der Waals surface area contributed by atoms with Crippen molar-refractivity contribution in [2.24, 2.45) is 0 Å². The lowest BCUT2D eigenvalue weighted by molar-refractivity contribution is -0.142. The first-order chi connectivity index (χ1) is 5.11. The van der Waals surface area contributed by atoms with Crippen molar-refractivity contribution >= 4 is 15.7 Å². The molecule has 0 spiro atoms. The molecule has 1 amide bonds. The fraction of sp³-hybridized carbons (Fsp3) is 0.833. The van der Waals surface area contributed by atoms with E-state index in [4.69, 9.17) is 0 Å². The molecule has 62 valence electrons. The quantitative estimate of drug-likeness (QED) is 0.460. The molecule has 0 N–H and O–H groups in total. The maximum Gasteiger partial charge on any atom is 0.226 e. The summed E-state index contributed by atoms with van der Waals surface area (Å²) in [7, 11) is -2.95. The zero-order chi connectivity index (χ0) is 8.06. The summed E-state index contributed by atoms with van der Waals surface area (Å²) in [5.41, 5.74) is 0. The minimum atomic E-state index is -2.95. The number of rotatable bonds is 0. The molecule has 2 aliphatic rings. The Balaban J connectivity index is 2.27. The Morgan fingerprint density at radius 3 is 2.73 bits per heavy atom. The first-order valence-corrected chi connectivity index (χ1v) is 5.34. The number of fused-ring (bicyclic) bond motifs is 1. The standard InChI is InChI=1S/C6H9NO3S/c8-5-4-6-7(5)2-1-3-11(6,9)10/h6H,1-4H2/t6-/m1/s1. The molecule has 5 heteroatoms. The van der Waals surface area contributed by atoms with Crippen molar-refractivity contribution < 1.29 is 13.2 Å². The minimum Gasteiger partial charge on any atom is -0.325 e. The van der Waals surface area contributed by atoms with Gasteiger partial charge in [0.15, 0.2) is 9.84 Å². The topological polar surface area (TPSA) is 54.5 Å². The maximum atomic E-state index is 11.2. The van der Waals surface area contributed by atoms with Crippen molar-refractivity contribution in [2.75, 3.05) is 12.3 Å². The molecule has 0 saturated carbocycles. The van der Waals surface area contributed by atoms with Crippen LogP contribution in [-0.4, -0.2) is 36.9 Å². The summed E-state index contributed by atoms with van der Waals surface area (Å²) in [6.07, 6.45) is 0.812. The molecule has 11 heavy (non-hydrogen) atoms. The third kappa shape index (κ3) is 0.870. The predicted molar refractivity (Wildman–Crippen MR) is 38.5 cm³/mol. The summed E-state index contributed by atoms with van der Waals surface area (Å²) >= 11 is 0. The van der Waals surface area contributed by atoms with Gasteiger partial charge in [0.05, 0.1) is 12.2 Å². The largest absolute Gasteiger partial charge is 0.325 e. The van der Waals surface area contributed by atoms with Gasteiger partial charge in [-0.25, -0.2) is 8.42 Å². The number of hydrogen-bond acceptors (Lipinski definition) is 3. The van der Waals surface area contributed by atoms with Gasteiger partial charge in [-0.15, -0.1) is 0 Å². The Morgan fingerprint density at radius 1 is 1.45 bits per heavy atom. The molecular weight excluding hydrogens is 166 g/mol. The number of hydrogen-bond donors (Lipinski definition) is 0. The van der Waals surface area contributed by atoms with Gasteiger partial charge in [0.2, 0.25) is 5.91 Å². The lowest BCUT2D eigenvalue weighted by Gasteiger charge is -2.42. The number of β-lactam (4-membered cyclic amide) rings is 1. The van der Waals surface area contributed by atoms with Crippen LogP contribution >= 0.6 is 0 Å². The maximum absolute atomic E-state index is 11.2. The fourth-order valence-electron chi connectivity index (χ4n) is 1.59. The summed E-state index contributed by atoms with van der Waals surface area (Å²) in [5, 5.41) is -0.469. The van der Waals surface area contributed by atoms with E-state index >= 15 is 0 Å². The molecule has 0 radical (unpaired) electrons. The first-order valence-electron chi connectivity index (χ1n) is 3.62. The summed E-state index contributed by atoms with van der Waals surface area (Å²) in [6.45, 7) is 0.628. The molecular formula is C6H9NO3S. The van der Waals surface area contributed by atoms with E-state index in [2.05, 4.69) is 0 Å². The molecule has 2 aliphatic heterocycles. The Bertz CT molecular complexity index is 295. The number of nitrogens with zero attached hydrogens (tertiary/aromatic N) is 1. The minimum absolute atomic E-state index is 0.0155. The molecule has 4 nitrogen and oxygen atoms in total. The van der Waals surface area contributed by atoms with Crippen LogP contribution in [0.2, 0.25) is 0 Å². The van der Waals surface area contributed by atoms with Crippen molar-refractivity contribution in [3.8, 4) is 0 Å². The Labute approximate surface area is 65.1 Å². The second-order valence-corrected chi connectivity index (χ2v) is 5.24. The molecule has 2 fully saturated rings. The molecule has 0 bridgehead atoms. The van der Waals surface area contributed by atoms with Crippen LogP contribution in [0.1, 0.15) is 12.8 Å². The zero-order valence-corrected chi connectivity index (χ0v) is 6.80. The highest BCUT2D eigenvalue weighted by Gasteiger charge is 2.46. The molecule has 0 unspecified atom stereocenters. The fourth-order valence-corrected chi connectivity index (χ4v) is 3.40. The van der Waals surface area contributed by atoms with Gasteiger partial charge in [-0.1, -0.05) is 0 Å². The van der Waals surface area contributed by atoms with Crippen LogP contribution in [0.15, 0.2) is 0 Å². The van der Waals surface area contributed by atoms with Gasteiger partial charge in [-0.05, 0) is 6.42 Å². The third-order valence-electron chi connectivity index (χ3n) is 2.26. The van der Waals surface area contributed by atoms with Gasteiger partial charge in [0, 0.05) is 6.54 Å². The summed E-state index contributed by atoms with van der Waals surface area (Å²) in [5.74, 6) is 0.236. The van der Waals surface area contributed by atoms with Crippen LogP contribution in [0.4, 0.5) is 0 Å². The van der Waals surface area contributed by atoms with E-state index in [1.165, 1.54) is 4.90 Å². The van der Waals surface area contributed by atoms with Crippen LogP contribution in [0.5, 0.6) is 0 Å². The van der Waals surface area contributed by atoms with Crippen LogP contribution in [0, 0.1) is 0 Å². The van der Waals surface area contributed by atoms with E-state index in [9.17, 15) is 13.2 Å². The van der Waals surface area contributed by atoms with E-state index in [1.807, 2.05) is 0 Å². The van der Waals surface area contributed by atoms with E-state index in [0.717, 1.165) is 0 Å². The lowest BCUT2D eigenvalue weighted by Crippen LogP contribution is -2.60. The number of carbonyl (C=O) groups excluding carboxylic acids is 1. The van der Waals surface area contributed by atoms with E-state index in [1.54, 1.807) is 0 Å². The normalized spacial score (nSPS) is 34.4. The molecule has 0 aromatic heterocycles. The highest BCUT2D eigenvalue weighted by atomic mass is 32.2. The van der Waals surface area contributed by atoms with Gasteiger partial charge in [-0.2, -0.15) is 0 Å². The Morgan fingerprint density at radius 2 is 2.18 bits per heavy atom. The van der Waals surface area contributed by atoms with Gasteiger partial charge < -0.3 is 4.90 Å². The SMILES string of the molecule is O=C1C[C@@H]2N1CCCS2(=O)=O. The highest BCUT2D eigenvalue weighted by molar-refractivity contribution is 7.92. The zero-order valence-electron chi connectivity index (χ0n) is 5.99. The number of carbonyl (C=O) groups is 1. The van der Waals surface area contributed by atoms with Crippen LogP contribution in [0.25, 0.3) is 0 Å². The highest BCUT2D eigenvalue weighted by Crippen LogP contribution is 2.28. The summed E-state index contributed by atoms with van der Waals surface area (Å²) in [6, 6.07) is 0. The van der Waals surface area contributed by atoms with Gasteiger partial charge in [0.25, 0.3) is 0 Å². The molecule has 2 saturated heterocycles. The van der Waals surface area contributed by atoms with E-state index < -0.39 is 15.2 Å². The first kappa shape index (κ1) is 7.09. The Kier molecular flexibility index (Phi) is 1.27. The summed E-state index contributed by atoms with van der Waals surface area (Å²) in [4.78, 5) is 12.3.